The zero-order valence-corrected chi connectivity index (χ0v) is 19.4. The maximum Gasteiger partial charge on any atom is 0.338 e. The summed E-state index contributed by atoms with van der Waals surface area (Å²) in [5.74, 6) is -1.23. The van der Waals surface area contributed by atoms with Crippen molar-refractivity contribution in [2.75, 3.05) is 12.3 Å². The Labute approximate surface area is 209 Å². The van der Waals surface area contributed by atoms with Gasteiger partial charge in [-0.15, -0.1) is 0 Å². The van der Waals surface area contributed by atoms with Crippen LogP contribution in [0.3, 0.4) is 0 Å². The van der Waals surface area contributed by atoms with E-state index in [0.717, 1.165) is 0 Å². The molecule has 1 aliphatic rings. The average Bonchev–Trinajstić information content (AvgIpc) is 3.44. The second-order valence-electron chi connectivity index (χ2n) is 8.05. The lowest BCUT2D eigenvalue weighted by atomic mass is 10.1. The number of nitrogens with zero attached hydrogens (tertiary/aromatic N) is 3. The van der Waals surface area contributed by atoms with Crippen LogP contribution in [-0.4, -0.2) is 51.5 Å². The molecule has 0 radical (unpaired) electrons. The van der Waals surface area contributed by atoms with Gasteiger partial charge in [-0.1, -0.05) is 36.4 Å². The topological polar surface area (TPSA) is 119 Å². The summed E-state index contributed by atoms with van der Waals surface area (Å²) in [5, 5.41) is 0.334. The lowest BCUT2D eigenvalue weighted by Gasteiger charge is -2.19. The number of carbonyl (C=O) groups excluding carboxylic acids is 2. The molecule has 0 aliphatic carbocycles. The number of fused-ring (bicyclic) bond motifs is 1. The van der Waals surface area contributed by atoms with Crippen LogP contribution in [-0.2, 0) is 14.2 Å². The molecule has 5 rings (SSSR count). The summed E-state index contributed by atoms with van der Waals surface area (Å²) < 4.78 is 34.1. The minimum Gasteiger partial charge on any atom is -0.459 e. The number of benzene rings is 2. The summed E-state index contributed by atoms with van der Waals surface area (Å²) in [4.78, 5) is 33.2. The van der Waals surface area contributed by atoms with Crippen LogP contribution < -0.4 is 5.73 Å². The predicted octanol–water partition coefficient (Wildman–Crippen LogP) is 3.99. The zero-order chi connectivity index (χ0) is 25.2. The Balaban J connectivity index is 1.42. The maximum absolute atomic E-state index is 15.8. The summed E-state index contributed by atoms with van der Waals surface area (Å²) in [6, 6.07) is 18.1. The van der Waals surface area contributed by atoms with Gasteiger partial charge in [0.1, 0.15) is 24.2 Å². The van der Waals surface area contributed by atoms with Gasteiger partial charge in [-0.3, -0.25) is 0 Å². The number of anilines is 1. The zero-order valence-electron chi connectivity index (χ0n) is 18.7. The van der Waals surface area contributed by atoms with E-state index in [4.69, 9.17) is 31.5 Å². The van der Waals surface area contributed by atoms with Gasteiger partial charge in [-0.25, -0.2) is 19.0 Å². The molecule has 2 N–H and O–H groups in total. The third kappa shape index (κ3) is 4.60. The van der Waals surface area contributed by atoms with Crippen LogP contribution in [0.5, 0.6) is 0 Å². The van der Waals surface area contributed by atoms with Crippen molar-refractivity contribution in [2.45, 2.75) is 24.6 Å². The van der Waals surface area contributed by atoms with Gasteiger partial charge in [0, 0.05) is 6.20 Å². The molecule has 9 nitrogen and oxygen atoms in total. The molecule has 0 unspecified atom stereocenters. The van der Waals surface area contributed by atoms with E-state index >= 15 is 4.39 Å². The molecule has 4 aromatic rings. The molecule has 0 saturated carbocycles. The first kappa shape index (κ1) is 23.7. The first-order valence-corrected chi connectivity index (χ1v) is 11.4. The van der Waals surface area contributed by atoms with Gasteiger partial charge in [0.05, 0.1) is 16.5 Å². The molecular weight excluding hydrogens is 491 g/mol. The van der Waals surface area contributed by atoms with E-state index in [1.807, 2.05) is 0 Å². The van der Waals surface area contributed by atoms with Crippen molar-refractivity contribution in [3.63, 3.8) is 0 Å². The minimum atomic E-state index is -1.83. The smallest absolute Gasteiger partial charge is 0.338 e. The fourth-order valence-corrected chi connectivity index (χ4v) is 4.18. The van der Waals surface area contributed by atoms with Crippen LogP contribution in [0.1, 0.15) is 26.9 Å². The van der Waals surface area contributed by atoms with Gasteiger partial charge in [0.25, 0.3) is 0 Å². The number of hydrogen-bond donors (Lipinski definition) is 1. The Morgan fingerprint density at radius 1 is 1.00 bits per heavy atom. The first-order valence-electron chi connectivity index (χ1n) is 11.0. The van der Waals surface area contributed by atoms with Crippen LogP contribution in [0.15, 0.2) is 72.9 Å². The Morgan fingerprint density at radius 3 is 2.31 bits per heavy atom. The second-order valence-corrected chi connectivity index (χ2v) is 8.39. The quantitative estimate of drug-likeness (QED) is 0.305. The molecule has 1 aliphatic heterocycles. The normalized spacial score (nSPS) is 21.4. The highest BCUT2D eigenvalue weighted by atomic mass is 35.5. The molecule has 184 valence electrons. The lowest BCUT2D eigenvalue weighted by Crippen LogP contribution is -2.37. The summed E-state index contributed by atoms with van der Waals surface area (Å²) in [6.45, 7) is -0.353. The number of carbonyl (C=O) groups is 2. The van der Waals surface area contributed by atoms with Gasteiger partial charge in [-0.2, -0.15) is 4.98 Å². The van der Waals surface area contributed by atoms with E-state index in [9.17, 15) is 9.59 Å². The summed E-state index contributed by atoms with van der Waals surface area (Å²) in [6.07, 6.45) is -4.04. The highest BCUT2D eigenvalue weighted by Gasteiger charge is 2.49. The fraction of sp³-hybridized carbons (Fsp3) is 0.200. The number of rotatable bonds is 6. The molecule has 11 heteroatoms. The van der Waals surface area contributed by atoms with E-state index in [1.54, 1.807) is 66.7 Å². The lowest BCUT2D eigenvalue weighted by molar-refractivity contribution is -0.0568. The number of aromatic nitrogens is 3. The summed E-state index contributed by atoms with van der Waals surface area (Å²) >= 11 is 5.96. The number of halogens is 2. The van der Waals surface area contributed by atoms with Crippen molar-refractivity contribution in [1.29, 1.82) is 0 Å². The van der Waals surface area contributed by atoms with E-state index < -0.39 is 36.5 Å². The van der Waals surface area contributed by atoms with Crippen LogP contribution in [0, 0.1) is 0 Å². The maximum atomic E-state index is 15.8. The molecule has 0 amide bonds. The van der Waals surface area contributed by atoms with Gasteiger partial charge in [0.2, 0.25) is 5.28 Å². The van der Waals surface area contributed by atoms with Crippen molar-refractivity contribution in [2.24, 2.45) is 0 Å². The van der Waals surface area contributed by atoms with Crippen LogP contribution in [0.4, 0.5) is 10.2 Å². The van der Waals surface area contributed by atoms with E-state index in [-0.39, 0.29) is 28.9 Å². The van der Waals surface area contributed by atoms with Crippen molar-refractivity contribution < 1.29 is 28.2 Å². The van der Waals surface area contributed by atoms with Crippen molar-refractivity contribution in [1.82, 2.24) is 14.5 Å². The SMILES string of the molecule is Nc1nc(Cl)nc2c1ccn2[C@@H]1O[C@H](COC(=O)c2ccccc2)[C@@H](OC(=O)c2ccccc2)[C@@H]1F. The monoisotopic (exact) mass is 510 g/mol. The number of ether oxygens (including phenoxy) is 3. The highest BCUT2D eigenvalue weighted by molar-refractivity contribution is 6.28. The summed E-state index contributed by atoms with van der Waals surface area (Å²) in [5.41, 5.74) is 6.72. The fourth-order valence-electron chi connectivity index (χ4n) is 4.01. The minimum absolute atomic E-state index is 0.117. The molecule has 2 aromatic carbocycles. The average molecular weight is 511 g/mol. The molecule has 2 aromatic heterocycles. The molecule has 1 fully saturated rings. The largest absolute Gasteiger partial charge is 0.459 e. The molecular formula is C25H20ClFN4O5. The number of nitrogens with two attached hydrogens (primary N) is 1. The van der Waals surface area contributed by atoms with E-state index in [2.05, 4.69) is 9.97 Å². The first-order chi connectivity index (χ1) is 17.4. The Bertz CT molecular complexity index is 1400. The molecule has 36 heavy (non-hydrogen) atoms. The van der Waals surface area contributed by atoms with Crippen molar-refractivity contribution >= 4 is 40.4 Å². The predicted molar refractivity (Wildman–Crippen MR) is 128 cm³/mol. The summed E-state index contributed by atoms with van der Waals surface area (Å²) in [7, 11) is 0. The van der Waals surface area contributed by atoms with Crippen molar-refractivity contribution in [3.8, 4) is 0 Å². The third-order valence-corrected chi connectivity index (χ3v) is 5.93. The number of hydrogen-bond acceptors (Lipinski definition) is 8. The standard InChI is InChI=1S/C25H20ClFN4O5/c26-25-29-20(28)16-11-12-31(21(16)30-25)22-18(27)19(36-24(33)15-9-5-2-6-10-15)17(35-22)13-34-23(32)14-7-3-1-4-8-14/h1-12,17-19,22H,13H2,(H2,28,29,30)/t17-,18+,19-,22-/m1/s1. The molecule has 1 saturated heterocycles. The second kappa shape index (κ2) is 9.92. The van der Waals surface area contributed by atoms with Gasteiger partial charge >= 0.3 is 11.9 Å². The van der Waals surface area contributed by atoms with Gasteiger partial charge in [0.15, 0.2) is 18.5 Å². The number of alkyl halides is 1. The Morgan fingerprint density at radius 2 is 1.64 bits per heavy atom. The molecule has 4 atom stereocenters. The van der Waals surface area contributed by atoms with Gasteiger partial charge in [-0.05, 0) is 41.9 Å². The van der Waals surface area contributed by atoms with Crippen LogP contribution >= 0.6 is 11.6 Å². The molecule has 0 bridgehead atoms. The Kier molecular flexibility index (Phi) is 6.53. The number of nitrogen functional groups attached to an aromatic ring is 1. The van der Waals surface area contributed by atoms with Crippen molar-refractivity contribution in [3.05, 3.63) is 89.3 Å². The highest BCUT2D eigenvalue weighted by Crippen LogP contribution is 2.37. The number of esters is 2. The van der Waals surface area contributed by atoms with E-state index in [0.29, 0.717) is 10.9 Å². The van der Waals surface area contributed by atoms with Crippen LogP contribution in [0.2, 0.25) is 5.28 Å². The van der Waals surface area contributed by atoms with Gasteiger partial charge < -0.3 is 24.5 Å². The third-order valence-electron chi connectivity index (χ3n) is 5.76. The van der Waals surface area contributed by atoms with E-state index in [1.165, 1.54) is 10.8 Å². The molecule has 0 spiro atoms. The Hall–Kier alpha value is -4.02. The van der Waals surface area contributed by atoms with Crippen LogP contribution in [0.25, 0.3) is 11.0 Å². The molecule has 3 heterocycles.